The summed E-state index contributed by atoms with van der Waals surface area (Å²) >= 11 is 6.51. The summed E-state index contributed by atoms with van der Waals surface area (Å²) in [7, 11) is 0. The summed E-state index contributed by atoms with van der Waals surface area (Å²) in [6.07, 6.45) is 4.04. The zero-order valence-corrected chi connectivity index (χ0v) is 20.5. The van der Waals surface area contributed by atoms with Crippen LogP contribution in [0.25, 0.3) is 22.2 Å². The van der Waals surface area contributed by atoms with Crippen LogP contribution in [-0.2, 0) is 11.2 Å². The maximum Gasteiger partial charge on any atom is 0.223 e. The number of aromatic nitrogens is 4. The van der Waals surface area contributed by atoms with Crippen molar-refractivity contribution in [2.24, 2.45) is 17.6 Å². The molecular weight excluding hydrogens is 481 g/mol. The van der Waals surface area contributed by atoms with E-state index < -0.39 is 11.9 Å². The molecule has 2 aromatic carbocycles. The molecule has 188 valence electrons. The van der Waals surface area contributed by atoms with Gasteiger partial charge in [-0.2, -0.15) is 5.10 Å². The molecular formula is C26H29ClFN7O. The number of carbonyl (C=O) groups excluding carboxylic acids is 1. The minimum atomic E-state index is -0.518. The lowest BCUT2D eigenvalue weighted by molar-refractivity contribution is -0.127. The van der Waals surface area contributed by atoms with Crippen molar-refractivity contribution in [1.82, 2.24) is 25.5 Å². The Labute approximate surface area is 213 Å². The van der Waals surface area contributed by atoms with Gasteiger partial charge in [0.2, 0.25) is 5.91 Å². The maximum absolute atomic E-state index is 15.0. The van der Waals surface area contributed by atoms with E-state index in [2.05, 4.69) is 25.5 Å². The van der Waals surface area contributed by atoms with Gasteiger partial charge in [0.05, 0.1) is 11.6 Å². The summed E-state index contributed by atoms with van der Waals surface area (Å²) in [6.45, 7) is 0.659. The van der Waals surface area contributed by atoms with Crippen LogP contribution in [0.2, 0.25) is 5.15 Å². The lowest BCUT2D eigenvalue weighted by Gasteiger charge is -2.28. The number of hydrogen-bond donors (Lipinski definition) is 5. The second-order valence-electron chi connectivity index (χ2n) is 9.48. The molecule has 1 fully saturated rings. The van der Waals surface area contributed by atoms with E-state index in [4.69, 9.17) is 23.1 Å². The summed E-state index contributed by atoms with van der Waals surface area (Å²) in [4.78, 5) is 21.0. The van der Waals surface area contributed by atoms with Gasteiger partial charge < -0.3 is 21.8 Å². The number of fused-ring (bicyclic) bond motifs is 1. The van der Waals surface area contributed by atoms with Crippen LogP contribution in [0.5, 0.6) is 0 Å². The summed E-state index contributed by atoms with van der Waals surface area (Å²) in [6, 6.07) is 12.3. The Morgan fingerprint density at radius 2 is 1.94 bits per heavy atom. The number of rotatable bonds is 7. The van der Waals surface area contributed by atoms with E-state index >= 15 is 4.39 Å². The molecule has 1 amide bonds. The Bertz CT molecular complexity index is 1360. The molecule has 1 saturated carbocycles. The van der Waals surface area contributed by atoms with Crippen LogP contribution < -0.4 is 16.8 Å². The third-order valence-corrected chi connectivity index (χ3v) is 7.37. The van der Waals surface area contributed by atoms with E-state index in [1.54, 1.807) is 6.07 Å². The third kappa shape index (κ3) is 4.94. The van der Waals surface area contributed by atoms with Crippen molar-refractivity contribution >= 4 is 34.2 Å². The van der Waals surface area contributed by atoms with Crippen molar-refractivity contribution in [2.45, 2.75) is 38.1 Å². The number of amides is 1. The van der Waals surface area contributed by atoms with E-state index in [1.807, 2.05) is 30.3 Å². The monoisotopic (exact) mass is 509 g/mol. The lowest BCUT2D eigenvalue weighted by Crippen LogP contribution is -2.37. The second kappa shape index (κ2) is 10.3. The second-order valence-corrected chi connectivity index (χ2v) is 9.85. The molecule has 0 aliphatic heterocycles. The fourth-order valence-corrected chi connectivity index (χ4v) is 5.21. The van der Waals surface area contributed by atoms with Gasteiger partial charge in [0.1, 0.15) is 22.5 Å². The zero-order valence-electron chi connectivity index (χ0n) is 19.7. The number of nitrogens with two attached hydrogens (primary N) is 2. The smallest absolute Gasteiger partial charge is 0.223 e. The Balaban J connectivity index is 1.44. The van der Waals surface area contributed by atoms with Crippen LogP contribution in [-0.4, -0.2) is 32.6 Å². The summed E-state index contributed by atoms with van der Waals surface area (Å²) in [5.41, 5.74) is 13.7. The molecule has 4 aromatic rings. The van der Waals surface area contributed by atoms with Gasteiger partial charge in [-0.25, -0.2) is 9.37 Å². The number of H-pyrrole nitrogens is 2. The van der Waals surface area contributed by atoms with Gasteiger partial charge in [-0.3, -0.25) is 9.89 Å². The Morgan fingerprint density at radius 1 is 1.19 bits per heavy atom. The molecule has 0 spiro atoms. The highest BCUT2D eigenvalue weighted by atomic mass is 35.5. The van der Waals surface area contributed by atoms with Crippen LogP contribution in [0.3, 0.4) is 0 Å². The number of benzene rings is 2. The number of hydrogen-bond acceptors (Lipinski definition) is 5. The molecule has 0 bridgehead atoms. The van der Waals surface area contributed by atoms with Crippen molar-refractivity contribution in [3.63, 3.8) is 0 Å². The van der Waals surface area contributed by atoms with E-state index in [-0.39, 0.29) is 34.1 Å². The van der Waals surface area contributed by atoms with Crippen molar-refractivity contribution in [3.8, 4) is 11.3 Å². The van der Waals surface area contributed by atoms with Crippen LogP contribution in [0.15, 0.2) is 42.5 Å². The molecule has 10 heteroatoms. The van der Waals surface area contributed by atoms with Crippen LogP contribution >= 0.6 is 11.6 Å². The first kappa shape index (κ1) is 24.3. The van der Waals surface area contributed by atoms with Crippen molar-refractivity contribution in [3.05, 3.63) is 64.8 Å². The van der Waals surface area contributed by atoms with Crippen LogP contribution in [0, 0.1) is 17.7 Å². The Kier molecular flexibility index (Phi) is 6.93. The first-order chi connectivity index (χ1) is 17.4. The van der Waals surface area contributed by atoms with Gasteiger partial charge in [0.15, 0.2) is 5.82 Å². The molecule has 2 aromatic heterocycles. The SMILES string of the molecule is NCC1CCC(C(=O)NC(Cc2ccccc2)c2nc(-c3cc4[nH]nc(N)c4cc3F)c(Cl)[nH]2)CC1. The largest absolute Gasteiger partial charge is 0.382 e. The minimum absolute atomic E-state index is 0.0130. The highest BCUT2D eigenvalue weighted by Gasteiger charge is 2.29. The highest BCUT2D eigenvalue weighted by Crippen LogP contribution is 2.34. The molecule has 1 aliphatic carbocycles. The van der Waals surface area contributed by atoms with Crippen LogP contribution in [0.1, 0.15) is 43.1 Å². The van der Waals surface area contributed by atoms with E-state index in [9.17, 15) is 4.79 Å². The molecule has 8 nitrogen and oxygen atoms in total. The summed E-state index contributed by atoms with van der Waals surface area (Å²) in [5, 5.41) is 10.6. The van der Waals surface area contributed by atoms with Crippen molar-refractivity contribution < 1.29 is 9.18 Å². The lowest BCUT2D eigenvalue weighted by atomic mass is 9.81. The standard InChI is InChI=1S/C26H29ClFN7O/c27-23-22(17-12-20-18(11-19(17)28)24(30)35-34-20)32-25(33-23)21(10-14-4-2-1-3-5-14)31-26(36)16-8-6-15(13-29)7-9-16/h1-5,11-12,15-16,21H,6-10,13,29H2,(H,31,36)(H,32,33)(H3,30,34,35). The fourth-order valence-electron chi connectivity index (χ4n) is 4.97. The van der Waals surface area contributed by atoms with Crippen LogP contribution in [0.4, 0.5) is 10.2 Å². The number of nitrogens with one attached hydrogen (secondary N) is 3. The van der Waals surface area contributed by atoms with E-state index in [0.29, 0.717) is 35.6 Å². The number of aromatic amines is 2. The average Bonchev–Trinajstić information content (AvgIpc) is 3.45. The van der Waals surface area contributed by atoms with Gasteiger partial charge in [0.25, 0.3) is 0 Å². The molecule has 0 radical (unpaired) electrons. The number of imidazole rings is 1. The molecule has 0 saturated heterocycles. The van der Waals surface area contributed by atoms with Gasteiger partial charge in [-0.1, -0.05) is 41.9 Å². The van der Waals surface area contributed by atoms with Gasteiger partial charge in [-0.05, 0) is 62.3 Å². The summed E-state index contributed by atoms with van der Waals surface area (Å²) in [5.74, 6) is 0.568. The molecule has 36 heavy (non-hydrogen) atoms. The number of halogens is 2. The third-order valence-electron chi connectivity index (χ3n) is 7.09. The van der Waals surface area contributed by atoms with E-state index in [1.165, 1.54) is 6.07 Å². The predicted octanol–water partition coefficient (Wildman–Crippen LogP) is 4.49. The van der Waals surface area contributed by atoms with Crippen molar-refractivity contribution in [1.29, 1.82) is 0 Å². The van der Waals surface area contributed by atoms with Gasteiger partial charge in [-0.15, -0.1) is 0 Å². The molecule has 1 aliphatic rings. The molecule has 1 atom stereocenters. The Hall–Kier alpha value is -3.43. The van der Waals surface area contributed by atoms with Gasteiger partial charge in [0, 0.05) is 16.9 Å². The van der Waals surface area contributed by atoms with Gasteiger partial charge >= 0.3 is 0 Å². The number of nitrogen functional groups attached to an aromatic ring is 1. The number of carbonyl (C=O) groups is 1. The first-order valence-electron chi connectivity index (χ1n) is 12.2. The molecule has 5 rings (SSSR count). The number of anilines is 1. The zero-order chi connectivity index (χ0) is 25.2. The normalized spacial score (nSPS) is 18.9. The number of nitrogens with zero attached hydrogens (tertiary/aromatic N) is 2. The quantitative estimate of drug-likeness (QED) is 0.250. The first-order valence-corrected chi connectivity index (χ1v) is 12.5. The van der Waals surface area contributed by atoms with E-state index in [0.717, 1.165) is 31.2 Å². The van der Waals surface area contributed by atoms with Crippen molar-refractivity contribution in [2.75, 3.05) is 12.3 Å². The highest BCUT2D eigenvalue weighted by molar-refractivity contribution is 6.32. The maximum atomic E-state index is 15.0. The summed E-state index contributed by atoms with van der Waals surface area (Å²) < 4.78 is 15.0. The minimum Gasteiger partial charge on any atom is -0.382 e. The average molecular weight is 510 g/mol. The predicted molar refractivity (Wildman–Crippen MR) is 139 cm³/mol. The molecule has 7 N–H and O–H groups in total. The molecule has 1 unspecified atom stereocenters. The molecule has 2 heterocycles. The topological polar surface area (TPSA) is 138 Å². The fraction of sp³-hybridized carbons (Fsp3) is 0.346. The Morgan fingerprint density at radius 3 is 2.67 bits per heavy atom.